The Labute approximate surface area is 121 Å². The maximum Gasteiger partial charge on any atom is 0.339 e. The van der Waals surface area contributed by atoms with Crippen LogP contribution in [0.3, 0.4) is 0 Å². The van der Waals surface area contributed by atoms with Crippen LogP contribution in [0.4, 0.5) is 5.82 Å². The molecule has 21 heavy (non-hydrogen) atoms. The number of pyridine rings is 1. The molecule has 8 heteroatoms. The average molecular weight is 308 g/mol. The summed E-state index contributed by atoms with van der Waals surface area (Å²) in [7, 11) is -2.62. The van der Waals surface area contributed by atoms with Crippen LogP contribution in [0.1, 0.15) is 10.4 Å². The molecule has 0 atom stereocenters. The van der Waals surface area contributed by atoms with E-state index in [0.717, 1.165) is 6.07 Å². The summed E-state index contributed by atoms with van der Waals surface area (Å²) in [6.07, 6.45) is 1.44. The SMILES string of the molecule is COc1ccc(S(=O)(=O)Nc2ccccn2)cc1C(=O)O. The molecule has 0 aliphatic rings. The number of carboxylic acid groups (broad SMARTS) is 1. The molecule has 0 aliphatic heterocycles. The lowest BCUT2D eigenvalue weighted by Gasteiger charge is -2.10. The largest absolute Gasteiger partial charge is 0.496 e. The second kappa shape index (κ2) is 5.80. The summed E-state index contributed by atoms with van der Waals surface area (Å²) in [5, 5.41) is 9.07. The molecule has 0 spiro atoms. The Hall–Kier alpha value is -2.61. The predicted molar refractivity (Wildman–Crippen MR) is 75.0 cm³/mol. The number of aromatic nitrogens is 1. The maximum absolute atomic E-state index is 12.2. The fraction of sp³-hybridized carbons (Fsp3) is 0.0769. The fourth-order valence-corrected chi connectivity index (χ4v) is 2.68. The molecule has 0 fully saturated rings. The summed E-state index contributed by atoms with van der Waals surface area (Å²) in [5.74, 6) is -1.05. The number of hydrogen-bond donors (Lipinski definition) is 2. The van der Waals surface area contributed by atoms with Crippen LogP contribution in [0.5, 0.6) is 5.75 Å². The van der Waals surface area contributed by atoms with Crippen LogP contribution in [-0.4, -0.2) is 31.6 Å². The van der Waals surface area contributed by atoms with Gasteiger partial charge in [0.05, 0.1) is 12.0 Å². The van der Waals surface area contributed by atoms with Crippen molar-refractivity contribution in [2.75, 3.05) is 11.8 Å². The lowest BCUT2D eigenvalue weighted by Crippen LogP contribution is -2.14. The third kappa shape index (κ3) is 3.29. The molecule has 2 rings (SSSR count). The molecule has 0 saturated carbocycles. The van der Waals surface area contributed by atoms with Crippen molar-refractivity contribution in [1.82, 2.24) is 4.98 Å². The van der Waals surface area contributed by atoms with Gasteiger partial charge in [-0.15, -0.1) is 0 Å². The molecule has 1 aromatic heterocycles. The number of nitrogens with one attached hydrogen (secondary N) is 1. The number of carbonyl (C=O) groups is 1. The van der Waals surface area contributed by atoms with Crippen LogP contribution in [0, 0.1) is 0 Å². The molecule has 0 radical (unpaired) electrons. The summed E-state index contributed by atoms with van der Waals surface area (Å²) in [5.41, 5.74) is -0.235. The summed E-state index contributed by atoms with van der Waals surface area (Å²) >= 11 is 0. The number of benzene rings is 1. The highest BCUT2D eigenvalue weighted by Gasteiger charge is 2.19. The van der Waals surface area contributed by atoms with Crippen molar-refractivity contribution in [3.05, 3.63) is 48.2 Å². The first-order valence-corrected chi connectivity index (χ1v) is 7.27. The van der Waals surface area contributed by atoms with Gasteiger partial charge < -0.3 is 9.84 Å². The quantitative estimate of drug-likeness (QED) is 0.869. The highest BCUT2D eigenvalue weighted by Crippen LogP contribution is 2.23. The third-order valence-corrected chi connectivity index (χ3v) is 3.97. The van der Waals surface area contributed by atoms with Gasteiger partial charge in [-0.2, -0.15) is 0 Å². The molecule has 7 nitrogen and oxygen atoms in total. The molecule has 0 amide bonds. The fourth-order valence-electron chi connectivity index (χ4n) is 1.64. The van der Waals surface area contributed by atoms with Gasteiger partial charge in [-0.25, -0.2) is 18.2 Å². The van der Waals surface area contributed by atoms with Crippen molar-refractivity contribution >= 4 is 21.8 Å². The lowest BCUT2D eigenvalue weighted by molar-refractivity contribution is 0.0693. The van der Waals surface area contributed by atoms with Crippen LogP contribution in [0.2, 0.25) is 0 Å². The van der Waals surface area contributed by atoms with Crippen LogP contribution in [0.25, 0.3) is 0 Å². The summed E-state index contributed by atoms with van der Waals surface area (Å²) in [4.78, 5) is 14.8. The van der Waals surface area contributed by atoms with Crippen molar-refractivity contribution in [1.29, 1.82) is 0 Å². The number of ether oxygens (including phenoxy) is 1. The van der Waals surface area contributed by atoms with E-state index in [0.29, 0.717) is 0 Å². The Morgan fingerprint density at radius 3 is 2.62 bits per heavy atom. The zero-order valence-electron chi connectivity index (χ0n) is 11.0. The number of hydrogen-bond acceptors (Lipinski definition) is 5. The second-order valence-electron chi connectivity index (χ2n) is 3.99. The van der Waals surface area contributed by atoms with E-state index in [1.165, 1.54) is 31.5 Å². The monoisotopic (exact) mass is 308 g/mol. The van der Waals surface area contributed by atoms with Gasteiger partial charge in [-0.1, -0.05) is 6.07 Å². The standard InChI is InChI=1S/C13H12N2O5S/c1-20-11-6-5-9(8-10(11)13(16)17)21(18,19)15-12-4-2-3-7-14-12/h2-8H,1H3,(H,14,15)(H,16,17). The number of rotatable bonds is 5. The summed E-state index contributed by atoms with van der Waals surface area (Å²) in [6, 6.07) is 8.34. The van der Waals surface area contributed by atoms with E-state index in [2.05, 4.69) is 9.71 Å². The number of anilines is 1. The lowest BCUT2D eigenvalue weighted by atomic mass is 10.2. The number of nitrogens with zero attached hydrogens (tertiary/aromatic N) is 1. The minimum atomic E-state index is -3.93. The summed E-state index contributed by atoms with van der Waals surface area (Å²) < 4.78 is 31.5. The zero-order valence-corrected chi connectivity index (χ0v) is 11.8. The first-order valence-electron chi connectivity index (χ1n) is 5.79. The maximum atomic E-state index is 12.2. The van der Waals surface area contributed by atoms with Gasteiger partial charge in [-0.3, -0.25) is 4.72 Å². The Bertz CT molecular complexity index is 759. The minimum absolute atomic E-state index is 0.0827. The average Bonchev–Trinajstić information content (AvgIpc) is 2.47. The van der Waals surface area contributed by atoms with E-state index in [-0.39, 0.29) is 22.0 Å². The molecular formula is C13H12N2O5S. The van der Waals surface area contributed by atoms with Crippen molar-refractivity contribution in [2.45, 2.75) is 4.90 Å². The molecule has 110 valence electrons. The van der Waals surface area contributed by atoms with Crippen LogP contribution < -0.4 is 9.46 Å². The van der Waals surface area contributed by atoms with Gasteiger partial charge in [-0.05, 0) is 30.3 Å². The topological polar surface area (TPSA) is 106 Å². The van der Waals surface area contributed by atoms with Crippen molar-refractivity contribution < 1.29 is 23.1 Å². The highest BCUT2D eigenvalue weighted by atomic mass is 32.2. The van der Waals surface area contributed by atoms with Gasteiger partial charge in [0.15, 0.2) is 0 Å². The molecule has 2 N–H and O–H groups in total. The van der Waals surface area contributed by atoms with Crippen molar-refractivity contribution in [3.63, 3.8) is 0 Å². The molecule has 0 saturated heterocycles. The van der Waals surface area contributed by atoms with Crippen LogP contribution in [-0.2, 0) is 10.0 Å². The van der Waals surface area contributed by atoms with Gasteiger partial charge in [0.25, 0.3) is 10.0 Å². The van der Waals surface area contributed by atoms with Crippen LogP contribution in [0.15, 0.2) is 47.5 Å². The first kappa shape index (κ1) is 14.8. The normalized spacial score (nSPS) is 10.9. The zero-order chi connectivity index (χ0) is 15.5. The smallest absolute Gasteiger partial charge is 0.339 e. The van der Waals surface area contributed by atoms with Crippen molar-refractivity contribution in [3.8, 4) is 5.75 Å². The van der Waals surface area contributed by atoms with E-state index in [1.54, 1.807) is 12.1 Å². The van der Waals surface area contributed by atoms with Crippen molar-refractivity contribution in [2.24, 2.45) is 0 Å². The number of methoxy groups -OCH3 is 1. The molecule has 1 aromatic carbocycles. The predicted octanol–water partition coefficient (Wildman–Crippen LogP) is 1.59. The number of aromatic carboxylic acids is 1. The molecule has 2 aromatic rings. The number of sulfonamides is 1. The first-order chi connectivity index (χ1) is 9.94. The van der Waals surface area contributed by atoms with Gasteiger partial charge in [0.2, 0.25) is 0 Å². The van der Waals surface area contributed by atoms with Crippen LogP contribution >= 0.6 is 0 Å². The van der Waals surface area contributed by atoms with Gasteiger partial charge in [0, 0.05) is 6.20 Å². The van der Waals surface area contributed by atoms with E-state index in [1.807, 2.05) is 0 Å². The minimum Gasteiger partial charge on any atom is -0.496 e. The second-order valence-corrected chi connectivity index (χ2v) is 5.67. The Kier molecular flexibility index (Phi) is 4.08. The van der Waals surface area contributed by atoms with E-state index in [4.69, 9.17) is 9.84 Å². The van der Waals surface area contributed by atoms with E-state index in [9.17, 15) is 13.2 Å². The molecule has 0 bridgehead atoms. The van der Waals surface area contributed by atoms with Gasteiger partial charge in [0.1, 0.15) is 17.1 Å². The molecule has 1 heterocycles. The van der Waals surface area contributed by atoms with Gasteiger partial charge >= 0.3 is 5.97 Å². The summed E-state index contributed by atoms with van der Waals surface area (Å²) in [6.45, 7) is 0. The number of carboxylic acids is 1. The molecular weight excluding hydrogens is 296 g/mol. The molecule has 0 aliphatic carbocycles. The Morgan fingerprint density at radius 1 is 1.29 bits per heavy atom. The molecule has 0 unspecified atom stereocenters. The van der Waals surface area contributed by atoms with E-state index < -0.39 is 16.0 Å². The Morgan fingerprint density at radius 2 is 2.05 bits per heavy atom. The highest BCUT2D eigenvalue weighted by molar-refractivity contribution is 7.92. The Balaban J connectivity index is 2.41. The third-order valence-electron chi connectivity index (χ3n) is 2.62. The van der Waals surface area contributed by atoms with E-state index >= 15 is 0 Å².